The summed E-state index contributed by atoms with van der Waals surface area (Å²) in [5.41, 5.74) is 1.08. The molecule has 1 unspecified atom stereocenters. The molecular weight excluding hydrogens is 190 g/mol. The van der Waals surface area contributed by atoms with Gasteiger partial charge in [-0.2, -0.15) is 0 Å². The number of hydrogen-bond donors (Lipinski definition) is 2. The molecule has 0 saturated carbocycles. The first-order chi connectivity index (χ1) is 7.31. The minimum Gasteiger partial charge on any atom is -0.504 e. The molecule has 82 valence electrons. The zero-order valence-corrected chi connectivity index (χ0v) is 8.99. The molecule has 2 rings (SSSR count). The molecule has 1 saturated heterocycles. The SMILES string of the molecule is COc1c(O)cccc1CC1CCCN1. The Bertz CT molecular complexity index is 332. The summed E-state index contributed by atoms with van der Waals surface area (Å²) >= 11 is 0. The fourth-order valence-corrected chi connectivity index (χ4v) is 2.16. The molecule has 3 nitrogen and oxygen atoms in total. The monoisotopic (exact) mass is 207 g/mol. The molecule has 1 aromatic carbocycles. The largest absolute Gasteiger partial charge is 0.504 e. The van der Waals surface area contributed by atoms with Crippen LogP contribution in [0.4, 0.5) is 0 Å². The van der Waals surface area contributed by atoms with Crippen LogP contribution in [0.15, 0.2) is 18.2 Å². The Balaban J connectivity index is 2.15. The summed E-state index contributed by atoms with van der Waals surface area (Å²) in [5.74, 6) is 0.846. The molecule has 2 N–H and O–H groups in total. The summed E-state index contributed by atoms with van der Waals surface area (Å²) in [5, 5.41) is 13.1. The van der Waals surface area contributed by atoms with Gasteiger partial charge in [0.2, 0.25) is 0 Å². The molecule has 1 aliphatic heterocycles. The second-order valence-corrected chi connectivity index (χ2v) is 3.97. The lowest BCUT2D eigenvalue weighted by molar-refractivity contribution is 0.367. The summed E-state index contributed by atoms with van der Waals surface area (Å²) in [6.45, 7) is 1.10. The van der Waals surface area contributed by atoms with Crippen molar-refractivity contribution in [3.8, 4) is 11.5 Å². The normalized spacial score (nSPS) is 20.5. The number of methoxy groups -OCH3 is 1. The standard InChI is InChI=1S/C12H17NO2/c1-15-12-9(4-2-6-11(12)14)8-10-5-3-7-13-10/h2,4,6,10,13-14H,3,5,7-8H2,1H3. The van der Waals surface area contributed by atoms with E-state index >= 15 is 0 Å². The number of hydrogen-bond acceptors (Lipinski definition) is 3. The van der Waals surface area contributed by atoms with Gasteiger partial charge in [0.05, 0.1) is 7.11 Å². The average Bonchev–Trinajstić information content (AvgIpc) is 2.71. The highest BCUT2D eigenvalue weighted by atomic mass is 16.5. The zero-order chi connectivity index (χ0) is 10.7. The molecule has 1 atom stereocenters. The van der Waals surface area contributed by atoms with Gasteiger partial charge in [0.1, 0.15) is 0 Å². The van der Waals surface area contributed by atoms with Gasteiger partial charge in [0.25, 0.3) is 0 Å². The topological polar surface area (TPSA) is 41.5 Å². The van der Waals surface area contributed by atoms with Gasteiger partial charge in [-0.1, -0.05) is 12.1 Å². The number of ether oxygens (including phenoxy) is 1. The summed E-state index contributed by atoms with van der Waals surface area (Å²) in [4.78, 5) is 0. The van der Waals surface area contributed by atoms with Crippen LogP contribution in [0.5, 0.6) is 11.5 Å². The second-order valence-electron chi connectivity index (χ2n) is 3.97. The van der Waals surface area contributed by atoms with Gasteiger partial charge in [0.15, 0.2) is 11.5 Å². The Morgan fingerprint density at radius 3 is 3.07 bits per heavy atom. The van der Waals surface area contributed by atoms with Crippen LogP contribution in [0, 0.1) is 0 Å². The van der Waals surface area contributed by atoms with Crippen LogP contribution in [0.25, 0.3) is 0 Å². The quantitative estimate of drug-likeness (QED) is 0.792. The summed E-state index contributed by atoms with van der Waals surface area (Å²) < 4.78 is 5.21. The first kappa shape index (κ1) is 10.3. The van der Waals surface area contributed by atoms with E-state index < -0.39 is 0 Å². The molecule has 0 spiro atoms. The van der Waals surface area contributed by atoms with Gasteiger partial charge in [-0.3, -0.25) is 0 Å². The number of rotatable bonds is 3. The van der Waals surface area contributed by atoms with E-state index in [9.17, 15) is 5.11 Å². The molecule has 15 heavy (non-hydrogen) atoms. The summed E-state index contributed by atoms with van der Waals surface area (Å²) in [6.07, 6.45) is 3.38. The highest BCUT2D eigenvalue weighted by Gasteiger charge is 2.17. The lowest BCUT2D eigenvalue weighted by Crippen LogP contribution is -2.23. The lowest BCUT2D eigenvalue weighted by atomic mass is 10.0. The minimum absolute atomic E-state index is 0.230. The maximum absolute atomic E-state index is 9.62. The Hall–Kier alpha value is -1.22. The number of phenols is 1. The van der Waals surface area contributed by atoms with Crippen molar-refractivity contribution in [3.63, 3.8) is 0 Å². The third-order valence-electron chi connectivity index (χ3n) is 2.91. The van der Waals surface area contributed by atoms with Gasteiger partial charge >= 0.3 is 0 Å². The number of phenolic OH excluding ortho intramolecular Hbond substituents is 1. The predicted molar refractivity (Wildman–Crippen MR) is 59.4 cm³/mol. The van der Waals surface area contributed by atoms with E-state index in [1.807, 2.05) is 12.1 Å². The van der Waals surface area contributed by atoms with Crippen LogP contribution in [0.3, 0.4) is 0 Å². The molecule has 0 aliphatic carbocycles. The van der Waals surface area contributed by atoms with Crippen LogP contribution >= 0.6 is 0 Å². The van der Waals surface area contributed by atoms with Crippen LogP contribution < -0.4 is 10.1 Å². The fourth-order valence-electron chi connectivity index (χ4n) is 2.16. The number of para-hydroxylation sites is 1. The molecule has 1 aliphatic rings. The van der Waals surface area contributed by atoms with E-state index in [-0.39, 0.29) is 5.75 Å². The Morgan fingerprint density at radius 2 is 2.40 bits per heavy atom. The number of aromatic hydroxyl groups is 1. The molecule has 0 bridgehead atoms. The van der Waals surface area contributed by atoms with Crippen molar-refractivity contribution in [3.05, 3.63) is 23.8 Å². The Labute approximate surface area is 90.1 Å². The summed E-state index contributed by atoms with van der Waals surface area (Å²) in [7, 11) is 1.60. The van der Waals surface area contributed by atoms with E-state index in [0.717, 1.165) is 18.5 Å². The third-order valence-corrected chi connectivity index (χ3v) is 2.91. The molecule has 3 heteroatoms. The second kappa shape index (κ2) is 4.53. The van der Waals surface area contributed by atoms with E-state index in [4.69, 9.17) is 4.74 Å². The van der Waals surface area contributed by atoms with Crippen molar-refractivity contribution in [2.75, 3.05) is 13.7 Å². The van der Waals surface area contributed by atoms with E-state index in [2.05, 4.69) is 5.32 Å². The maximum Gasteiger partial charge on any atom is 0.163 e. The third kappa shape index (κ3) is 2.23. The zero-order valence-electron chi connectivity index (χ0n) is 8.99. The van der Waals surface area contributed by atoms with Crippen molar-refractivity contribution in [1.82, 2.24) is 5.32 Å². The van der Waals surface area contributed by atoms with Gasteiger partial charge in [-0.25, -0.2) is 0 Å². The van der Waals surface area contributed by atoms with E-state index in [1.54, 1.807) is 13.2 Å². The molecular formula is C12H17NO2. The van der Waals surface area contributed by atoms with E-state index in [1.165, 1.54) is 12.8 Å². The first-order valence-corrected chi connectivity index (χ1v) is 5.39. The molecule has 0 radical (unpaired) electrons. The molecule has 1 fully saturated rings. The fraction of sp³-hybridized carbons (Fsp3) is 0.500. The van der Waals surface area contributed by atoms with Crippen molar-refractivity contribution < 1.29 is 9.84 Å². The van der Waals surface area contributed by atoms with Gasteiger partial charge in [-0.15, -0.1) is 0 Å². The Kier molecular flexibility index (Phi) is 3.11. The predicted octanol–water partition coefficient (Wildman–Crippen LogP) is 1.70. The smallest absolute Gasteiger partial charge is 0.163 e. The van der Waals surface area contributed by atoms with Crippen molar-refractivity contribution >= 4 is 0 Å². The van der Waals surface area contributed by atoms with Crippen LogP contribution in [-0.4, -0.2) is 24.8 Å². The van der Waals surface area contributed by atoms with Crippen LogP contribution in [0.2, 0.25) is 0 Å². The van der Waals surface area contributed by atoms with Crippen LogP contribution in [0.1, 0.15) is 18.4 Å². The molecule has 0 aromatic heterocycles. The van der Waals surface area contributed by atoms with Crippen molar-refractivity contribution in [2.24, 2.45) is 0 Å². The van der Waals surface area contributed by atoms with Gasteiger partial charge < -0.3 is 15.2 Å². The van der Waals surface area contributed by atoms with Crippen LogP contribution in [-0.2, 0) is 6.42 Å². The molecule has 1 heterocycles. The van der Waals surface area contributed by atoms with Crippen molar-refractivity contribution in [2.45, 2.75) is 25.3 Å². The average molecular weight is 207 g/mol. The molecule has 0 amide bonds. The van der Waals surface area contributed by atoms with Crippen molar-refractivity contribution in [1.29, 1.82) is 0 Å². The Morgan fingerprint density at radius 1 is 1.53 bits per heavy atom. The van der Waals surface area contributed by atoms with Gasteiger partial charge in [-0.05, 0) is 37.4 Å². The summed E-state index contributed by atoms with van der Waals surface area (Å²) in [6, 6.07) is 6.06. The highest BCUT2D eigenvalue weighted by Crippen LogP contribution is 2.31. The number of benzene rings is 1. The number of nitrogens with one attached hydrogen (secondary N) is 1. The lowest BCUT2D eigenvalue weighted by Gasteiger charge is -2.14. The maximum atomic E-state index is 9.62. The van der Waals surface area contributed by atoms with E-state index in [0.29, 0.717) is 11.8 Å². The highest BCUT2D eigenvalue weighted by molar-refractivity contribution is 5.45. The van der Waals surface area contributed by atoms with Gasteiger partial charge in [0, 0.05) is 6.04 Å². The first-order valence-electron chi connectivity index (χ1n) is 5.39. The minimum atomic E-state index is 0.230. The molecule has 1 aromatic rings.